The quantitative estimate of drug-likeness (QED) is 0.941. The van der Waals surface area contributed by atoms with Crippen LogP contribution in [0.4, 0.5) is 0 Å². The molecule has 2 N–H and O–H groups in total. The van der Waals surface area contributed by atoms with Crippen LogP contribution < -0.4 is 10.5 Å². The van der Waals surface area contributed by atoms with E-state index in [0.29, 0.717) is 5.02 Å². The number of nitrogens with two attached hydrogens (primary N) is 1. The molecule has 3 nitrogen and oxygen atoms in total. The van der Waals surface area contributed by atoms with E-state index in [1.165, 1.54) is 0 Å². The predicted molar refractivity (Wildman–Crippen MR) is 82.7 cm³/mol. The van der Waals surface area contributed by atoms with Crippen molar-refractivity contribution in [3.63, 3.8) is 0 Å². The Balaban J connectivity index is 0.00000200. The highest BCUT2D eigenvalue weighted by Crippen LogP contribution is 2.27. The van der Waals surface area contributed by atoms with Crippen LogP contribution in [0.1, 0.15) is 17.0 Å². The van der Waals surface area contributed by atoms with Gasteiger partial charge in [-0.05, 0) is 35.4 Å². The summed E-state index contributed by atoms with van der Waals surface area (Å²) in [5, 5.41) is 0.627. The number of amides is 1. The number of hydrogen-bond donors (Lipinski definition) is 1. The number of hydrogen-bond acceptors (Lipinski definition) is 2. The molecule has 0 heterocycles. The standard InChI is InChI=1S/C15H14ClNO2.ClH/c1-19-13-8-4-11(5-9-13)14(15(17)18)10-2-6-12(16)7-3-10;/h2-9,14H,1H3,(H2,17,18);1H. The first-order valence-corrected chi connectivity index (χ1v) is 6.18. The fourth-order valence-electron chi connectivity index (χ4n) is 1.97. The second-order valence-electron chi connectivity index (χ2n) is 4.16. The van der Waals surface area contributed by atoms with Crippen molar-refractivity contribution < 1.29 is 9.53 Å². The second-order valence-corrected chi connectivity index (χ2v) is 4.60. The van der Waals surface area contributed by atoms with Crippen LogP contribution in [0.3, 0.4) is 0 Å². The van der Waals surface area contributed by atoms with Gasteiger partial charge in [0.15, 0.2) is 0 Å². The Morgan fingerprint density at radius 2 is 1.50 bits per heavy atom. The van der Waals surface area contributed by atoms with Crippen LogP contribution in [0.5, 0.6) is 5.75 Å². The number of ether oxygens (including phenoxy) is 1. The lowest BCUT2D eigenvalue weighted by molar-refractivity contribution is -0.118. The smallest absolute Gasteiger partial charge is 0.229 e. The minimum atomic E-state index is -0.483. The van der Waals surface area contributed by atoms with Crippen molar-refractivity contribution in [1.29, 1.82) is 0 Å². The summed E-state index contributed by atoms with van der Waals surface area (Å²) in [6.07, 6.45) is 0. The van der Waals surface area contributed by atoms with Crippen LogP contribution in [0.15, 0.2) is 48.5 Å². The normalized spacial score (nSPS) is 11.3. The highest BCUT2D eigenvalue weighted by molar-refractivity contribution is 6.30. The van der Waals surface area contributed by atoms with Gasteiger partial charge in [-0.1, -0.05) is 35.9 Å². The minimum absolute atomic E-state index is 0. The Bertz CT molecular complexity index is 567. The molecule has 0 spiro atoms. The summed E-state index contributed by atoms with van der Waals surface area (Å²) < 4.78 is 5.10. The lowest BCUT2D eigenvalue weighted by Crippen LogP contribution is -2.22. The molecule has 5 heteroatoms. The van der Waals surface area contributed by atoms with E-state index < -0.39 is 11.8 Å². The zero-order chi connectivity index (χ0) is 13.8. The molecule has 0 saturated carbocycles. The Kier molecular flexibility index (Phi) is 5.86. The summed E-state index contributed by atoms with van der Waals surface area (Å²) in [5.41, 5.74) is 7.16. The van der Waals surface area contributed by atoms with Crippen LogP contribution in [0.25, 0.3) is 0 Å². The summed E-state index contributed by atoms with van der Waals surface area (Å²) in [4.78, 5) is 11.7. The molecule has 1 atom stereocenters. The maximum Gasteiger partial charge on any atom is 0.229 e. The highest BCUT2D eigenvalue weighted by atomic mass is 35.5. The molecule has 0 aliphatic carbocycles. The molecule has 0 radical (unpaired) electrons. The van der Waals surface area contributed by atoms with Crippen molar-refractivity contribution in [1.82, 2.24) is 0 Å². The number of methoxy groups -OCH3 is 1. The first-order chi connectivity index (χ1) is 9.11. The van der Waals surface area contributed by atoms with E-state index in [0.717, 1.165) is 16.9 Å². The van der Waals surface area contributed by atoms with Gasteiger partial charge in [0.2, 0.25) is 5.91 Å². The zero-order valence-corrected chi connectivity index (χ0v) is 12.4. The van der Waals surface area contributed by atoms with Gasteiger partial charge in [-0.2, -0.15) is 0 Å². The van der Waals surface area contributed by atoms with Gasteiger partial charge in [-0.25, -0.2) is 0 Å². The number of carbonyl (C=O) groups excluding carboxylic acids is 1. The lowest BCUT2D eigenvalue weighted by atomic mass is 9.91. The number of rotatable bonds is 4. The van der Waals surface area contributed by atoms with Gasteiger partial charge < -0.3 is 10.5 Å². The average molecular weight is 312 g/mol. The van der Waals surface area contributed by atoms with E-state index >= 15 is 0 Å². The summed E-state index contributed by atoms with van der Waals surface area (Å²) in [7, 11) is 1.60. The van der Waals surface area contributed by atoms with Crippen LogP contribution in [0, 0.1) is 0 Å². The third-order valence-corrected chi connectivity index (χ3v) is 3.19. The summed E-state index contributed by atoms with van der Waals surface area (Å²) >= 11 is 5.85. The average Bonchev–Trinajstić information content (AvgIpc) is 2.42. The topological polar surface area (TPSA) is 52.3 Å². The van der Waals surface area contributed by atoms with E-state index in [9.17, 15) is 4.79 Å². The molecule has 0 bridgehead atoms. The maximum atomic E-state index is 11.7. The van der Waals surface area contributed by atoms with Crippen LogP contribution in [0.2, 0.25) is 5.02 Å². The first kappa shape index (κ1) is 16.3. The maximum absolute atomic E-state index is 11.7. The number of carbonyl (C=O) groups is 1. The van der Waals surface area contributed by atoms with Gasteiger partial charge in [0.25, 0.3) is 0 Å². The lowest BCUT2D eigenvalue weighted by Gasteiger charge is -2.15. The van der Waals surface area contributed by atoms with Crippen molar-refractivity contribution in [3.05, 3.63) is 64.7 Å². The molecule has 2 rings (SSSR count). The Morgan fingerprint density at radius 3 is 1.90 bits per heavy atom. The summed E-state index contributed by atoms with van der Waals surface area (Å²) in [6.45, 7) is 0. The van der Waals surface area contributed by atoms with Crippen LogP contribution in [-0.2, 0) is 4.79 Å². The van der Waals surface area contributed by atoms with E-state index in [2.05, 4.69) is 0 Å². The molecule has 0 aliphatic rings. The largest absolute Gasteiger partial charge is 0.497 e. The van der Waals surface area contributed by atoms with Gasteiger partial charge in [0.1, 0.15) is 5.75 Å². The van der Waals surface area contributed by atoms with E-state index in [-0.39, 0.29) is 12.4 Å². The van der Waals surface area contributed by atoms with Gasteiger partial charge in [-0.15, -0.1) is 12.4 Å². The third kappa shape index (κ3) is 3.65. The van der Waals surface area contributed by atoms with E-state index in [1.54, 1.807) is 31.4 Å². The SMILES string of the molecule is COc1ccc(C(C(N)=O)c2ccc(Cl)cc2)cc1.Cl. The molecule has 1 amide bonds. The molecule has 0 aromatic heterocycles. The molecule has 20 heavy (non-hydrogen) atoms. The zero-order valence-electron chi connectivity index (χ0n) is 10.9. The molecule has 106 valence electrons. The Hall–Kier alpha value is -1.71. The monoisotopic (exact) mass is 311 g/mol. The van der Waals surface area contributed by atoms with E-state index in [1.807, 2.05) is 24.3 Å². The van der Waals surface area contributed by atoms with Crippen molar-refractivity contribution in [3.8, 4) is 5.75 Å². The molecule has 1 unspecified atom stereocenters. The molecule has 2 aromatic carbocycles. The van der Waals surface area contributed by atoms with E-state index in [4.69, 9.17) is 22.1 Å². The van der Waals surface area contributed by atoms with Crippen molar-refractivity contribution in [2.45, 2.75) is 5.92 Å². The van der Waals surface area contributed by atoms with Crippen molar-refractivity contribution >= 4 is 29.9 Å². The summed E-state index contributed by atoms with van der Waals surface area (Å²) in [5.74, 6) is -0.140. The van der Waals surface area contributed by atoms with Gasteiger partial charge in [-0.3, -0.25) is 4.79 Å². The molecular weight excluding hydrogens is 297 g/mol. The molecule has 2 aromatic rings. The number of halogens is 2. The fraction of sp³-hybridized carbons (Fsp3) is 0.133. The summed E-state index contributed by atoms with van der Waals surface area (Å²) in [6, 6.07) is 14.4. The van der Waals surface area contributed by atoms with Crippen LogP contribution in [-0.4, -0.2) is 13.0 Å². The number of primary amides is 1. The fourth-order valence-corrected chi connectivity index (χ4v) is 2.10. The molecule has 0 aliphatic heterocycles. The van der Waals surface area contributed by atoms with Crippen LogP contribution >= 0.6 is 24.0 Å². The Morgan fingerprint density at radius 1 is 1.05 bits per heavy atom. The first-order valence-electron chi connectivity index (χ1n) is 5.80. The number of benzene rings is 2. The van der Waals surface area contributed by atoms with Crippen molar-refractivity contribution in [2.75, 3.05) is 7.11 Å². The highest BCUT2D eigenvalue weighted by Gasteiger charge is 2.20. The molecular formula is C15H15Cl2NO2. The van der Waals surface area contributed by atoms with Gasteiger partial charge in [0.05, 0.1) is 13.0 Å². The van der Waals surface area contributed by atoms with Gasteiger partial charge >= 0.3 is 0 Å². The predicted octanol–water partition coefficient (Wildman–Crippen LogP) is 3.39. The molecule has 0 fully saturated rings. The third-order valence-electron chi connectivity index (χ3n) is 2.94. The van der Waals surface area contributed by atoms with Crippen molar-refractivity contribution in [2.24, 2.45) is 5.73 Å². The minimum Gasteiger partial charge on any atom is -0.497 e. The second kappa shape index (κ2) is 7.17. The molecule has 0 saturated heterocycles. The van der Waals surface area contributed by atoms with Gasteiger partial charge in [0, 0.05) is 5.02 Å². The Labute approximate surface area is 129 Å².